The van der Waals surface area contributed by atoms with Gasteiger partial charge in [0.25, 0.3) is 0 Å². The lowest BCUT2D eigenvalue weighted by Gasteiger charge is -2.28. The molecule has 3 rings (SSSR count). The number of unbranched alkanes of at least 4 members (excludes halogenated alkanes) is 9. The lowest BCUT2D eigenvalue weighted by Crippen LogP contribution is -2.26. The highest BCUT2D eigenvalue weighted by molar-refractivity contribution is 5.67. The third kappa shape index (κ3) is 233. The molecule has 0 fully saturated rings. The molecule has 0 heterocycles. The van der Waals surface area contributed by atoms with Crippen LogP contribution in [0.2, 0.25) is 0 Å². The SMILES string of the molecule is C.C.C.C.CC.CC.CCC.CCC(C)(CC)CC.CCC(C)CC.CCC(C)OC.CCC(CC)(CC)CC.CCC(CC)CC.CCCCN(C)C.CCCCN(C)C.CCCCNC.CCCCNC(=O)OC.CCCCNC(=O)OCCC.CCCCNCC(O)CC.CCCCNCCCC.CCCCOC.CCCNC.CCCOC.CCc1ccccc1.CCc1ccccc1.Cc1ccccc1. The summed E-state index contributed by atoms with van der Waals surface area (Å²) in [5, 5.41) is 27.0. The molecule has 0 saturated carbocycles. The van der Waals surface area contributed by atoms with Gasteiger partial charge in [0.05, 0.1) is 25.9 Å². The molecule has 0 spiro atoms. The minimum Gasteiger partial charge on any atom is -0.453 e. The van der Waals surface area contributed by atoms with Gasteiger partial charge >= 0.3 is 12.2 Å². The zero-order chi connectivity index (χ0) is 113. The lowest BCUT2D eigenvalue weighted by molar-refractivity contribution is 0.115. The predicted molar refractivity (Wildman–Crippen MR) is 677 cm³/mol. The fourth-order valence-corrected chi connectivity index (χ4v) is 10.1. The van der Waals surface area contributed by atoms with Crippen LogP contribution < -0.4 is 31.9 Å². The van der Waals surface area contributed by atoms with Crippen LogP contribution in [0.3, 0.4) is 0 Å². The van der Waals surface area contributed by atoms with Gasteiger partial charge in [-0.25, -0.2) is 9.59 Å². The van der Waals surface area contributed by atoms with Crippen molar-refractivity contribution in [1.29, 1.82) is 0 Å². The Labute approximate surface area is 922 Å². The number of aliphatic hydroxyl groups is 1. The van der Waals surface area contributed by atoms with E-state index in [0.717, 1.165) is 122 Å². The molecule has 0 aliphatic carbocycles. The number of amides is 2. The number of hydrogen-bond donors (Lipinski definition) is 7. The number of nitrogens with zero attached hydrogens (tertiary/aromatic N) is 2. The maximum Gasteiger partial charge on any atom is 0.407 e. The topological polar surface area (TPSA) is 179 Å². The van der Waals surface area contributed by atoms with E-state index >= 15 is 0 Å². The quantitative estimate of drug-likeness (QED) is 0.0266. The lowest BCUT2D eigenvalue weighted by atomic mass is 9.78. The molecule has 0 aliphatic rings. The summed E-state index contributed by atoms with van der Waals surface area (Å²) in [6.45, 7) is 95.2. The fourth-order valence-electron chi connectivity index (χ4n) is 10.1. The Bertz CT molecular complexity index is 2190. The number of benzene rings is 3. The summed E-state index contributed by atoms with van der Waals surface area (Å²) in [5.74, 6) is 1.92. The van der Waals surface area contributed by atoms with E-state index in [2.05, 4.69) is 357 Å². The maximum atomic E-state index is 10.7. The van der Waals surface area contributed by atoms with Crippen molar-refractivity contribution in [3.63, 3.8) is 0 Å². The largest absolute Gasteiger partial charge is 0.453 e. The molecule has 0 saturated heterocycles. The van der Waals surface area contributed by atoms with Crippen molar-refractivity contribution >= 4 is 12.2 Å². The summed E-state index contributed by atoms with van der Waals surface area (Å²) in [7, 11) is 18.9. The molecule has 0 aliphatic heterocycles. The summed E-state index contributed by atoms with van der Waals surface area (Å²) >= 11 is 0. The molecular formula is C129H288N8O8. The van der Waals surface area contributed by atoms with Crippen molar-refractivity contribution in [2.24, 2.45) is 22.7 Å². The summed E-state index contributed by atoms with van der Waals surface area (Å²) < 4.78 is 23.5. The molecule has 3 aromatic carbocycles. The average molecular weight is 2080 g/mol. The molecule has 3 aromatic rings. The van der Waals surface area contributed by atoms with Gasteiger partial charge in [0.2, 0.25) is 0 Å². The number of carbonyl (C=O) groups excluding carboxylic acids is 2. The van der Waals surface area contributed by atoms with E-state index in [1.54, 1.807) is 21.3 Å². The number of aryl methyl sites for hydroxylation is 3. The Kier molecular flexibility index (Phi) is 261. The number of carbonyl (C=O) groups is 2. The summed E-state index contributed by atoms with van der Waals surface area (Å²) in [6, 6.07) is 31.2. The minimum atomic E-state index is -0.344. The monoisotopic (exact) mass is 2080 g/mol. The Morgan fingerprint density at radius 3 is 0.821 bits per heavy atom. The van der Waals surface area contributed by atoms with Crippen LogP contribution in [-0.2, 0) is 36.5 Å². The van der Waals surface area contributed by atoms with Crippen LogP contribution >= 0.6 is 0 Å². The second-order valence-corrected chi connectivity index (χ2v) is 35.8. The van der Waals surface area contributed by atoms with Crippen LogP contribution in [0.15, 0.2) is 91.0 Å². The highest BCUT2D eigenvalue weighted by Gasteiger charge is 2.20. The third-order valence-corrected chi connectivity index (χ3v) is 22.6. The maximum absolute atomic E-state index is 10.7. The molecule has 0 aromatic heterocycles. The highest BCUT2D eigenvalue weighted by atomic mass is 16.5. The number of hydrogen-bond acceptors (Lipinski definition) is 14. The van der Waals surface area contributed by atoms with E-state index in [9.17, 15) is 9.59 Å². The molecule has 16 nitrogen and oxygen atoms in total. The van der Waals surface area contributed by atoms with Crippen LogP contribution in [0.4, 0.5) is 9.59 Å². The van der Waals surface area contributed by atoms with Crippen molar-refractivity contribution in [3.8, 4) is 0 Å². The molecular weight excluding hydrogens is 1790 g/mol. The molecule has 16 heteroatoms. The second kappa shape index (κ2) is 194. The molecule has 2 unspecified atom stereocenters. The molecule has 0 bridgehead atoms. The van der Waals surface area contributed by atoms with Gasteiger partial charge < -0.3 is 70.5 Å². The van der Waals surface area contributed by atoms with E-state index < -0.39 is 0 Å². The summed E-state index contributed by atoms with van der Waals surface area (Å²) in [6.07, 6.45) is 46.6. The van der Waals surface area contributed by atoms with Crippen molar-refractivity contribution in [3.05, 3.63) is 108 Å². The Hall–Kier alpha value is -4.20. The molecule has 145 heavy (non-hydrogen) atoms. The first-order valence-corrected chi connectivity index (χ1v) is 58.6. The van der Waals surface area contributed by atoms with Gasteiger partial charge in [0, 0.05) is 54.2 Å². The van der Waals surface area contributed by atoms with Crippen molar-refractivity contribution in [1.82, 2.24) is 41.7 Å². The second-order valence-electron chi connectivity index (χ2n) is 35.8. The van der Waals surface area contributed by atoms with Gasteiger partial charge in [0.15, 0.2) is 0 Å². The van der Waals surface area contributed by atoms with E-state index in [0.29, 0.717) is 30.1 Å². The van der Waals surface area contributed by atoms with Crippen molar-refractivity contribution < 1.29 is 38.4 Å². The van der Waals surface area contributed by atoms with E-state index in [-0.39, 0.29) is 48.0 Å². The zero-order valence-electron chi connectivity index (χ0n) is 106. The standard InChI is InChI=1S/C9H20.C8H17NO2.C8H19NO.C8H19N.2C8H10.C8H18.C7H8.C7H16.C6H13NO2.2C6H15N.C6H14.C5H13N.2C5H12O.C4H11N.C4H10O.C3H8.2C2H6.4CH4/c1-5-9(6-2,7-3)8-4;1-3-5-6-9-8(10)11-7-4-2;1-3-5-6-9-7-8(10)4-2;1-3-5-7-9-8-6-4-2;2*1-2-8-6-4-3-5-7-8;1-5-8(4,6-2)7-3;1-7-5-3-2-4-6-7;1-4-7(5-2)6-3;1-3-4-5-7-6(8)9-2;2*1-4-5-6-7(2)3;1-4-6(3)5-2;1-3-4-5-6-2;1-4-5(2)6-3;1-3-4-5-6-2;2*1-3-4-5-2;1-3-2;2*1-2;;;;/h5-8H2,1-4H3;3-7H2,1-2H3,(H,9,10);8-10H,3-7H2,1-2H3;9H,3-8H2,1-2H3;2*3-7H,2H2,1H3;5-7H2,1-4H3;2-6H,1H3;7H,4-6H2,1-3H3;3-5H2,1-2H3,(H,7,8);2*4-6H2,1-3H3;6H,4-5H2,1-3H3;6H,3-5H2,1-2H3;5H,4H2,1-3H3;3-5H2,1-2H3;5H,3-4H2,1-2H3;3-4H2,1-2H3;3H2,1-2H3;2*1-2H3;4*1H4. The van der Waals surface area contributed by atoms with E-state index in [4.69, 9.17) is 24.1 Å². The van der Waals surface area contributed by atoms with Gasteiger partial charge in [-0.15, -0.1) is 0 Å². The molecule has 2 amide bonds. The zero-order valence-corrected chi connectivity index (χ0v) is 106. The van der Waals surface area contributed by atoms with Crippen LogP contribution in [0.25, 0.3) is 0 Å². The van der Waals surface area contributed by atoms with Gasteiger partial charge in [-0.3, -0.25) is 0 Å². The summed E-state index contributed by atoms with van der Waals surface area (Å²) in [5.41, 5.74) is 5.43. The number of nitrogens with one attached hydrogen (secondary N) is 6. The molecule has 892 valence electrons. The van der Waals surface area contributed by atoms with Gasteiger partial charge in [-0.05, 0) is 238 Å². The third-order valence-electron chi connectivity index (χ3n) is 22.6. The molecule has 0 radical (unpaired) electrons. The Morgan fingerprint density at radius 2 is 0.669 bits per heavy atom. The average Bonchev–Trinajstić information content (AvgIpc) is 0.915. The number of methoxy groups -OCH3 is 4. The van der Waals surface area contributed by atoms with E-state index in [1.165, 1.54) is 230 Å². The van der Waals surface area contributed by atoms with Crippen molar-refractivity contribution in [2.45, 2.75) is 549 Å². The Balaban J connectivity index is -0.0000000551. The Morgan fingerprint density at radius 1 is 0.359 bits per heavy atom. The smallest absolute Gasteiger partial charge is 0.407 e. The normalized spacial score (nSPS) is 9.66. The van der Waals surface area contributed by atoms with Crippen LogP contribution in [-0.4, -0.2) is 195 Å². The summed E-state index contributed by atoms with van der Waals surface area (Å²) in [4.78, 5) is 25.5. The number of rotatable bonds is 52. The molecule has 2 atom stereocenters. The first-order chi connectivity index (χ1) is 67.6. The fraction of sp³-hybridized carbons (Fsp3) is 0.845. The highest BCUT2D eigenvalue weighted by Crippen LogP contribution is 2.33. The predicted octanol–water partition coefficient (Wildman–Crippen LogP) is 39.2. The number of aliphatic hydroxyl groups excluding tert-OH is 1. The van der Waals surface area contributed by atoms with Gasteiger partial charge in [-0.2, -0.15) is 0 Å². The number of ether oxygens (including phenoxy) is 5. The van der Waals surface area contributed by atoms with Crippen molar-refractivity contribution in [2.75, 3.05) is 156 Å². The van der Waals surface area contributed by atoms with Gasteiger partial charge in [-0.1, -0.05) is 517 Å². The van der Waals surface area contributed by atoms with E-state index in [1.807, 2.05) is 86.0 Å². The molecule has 7 N–H and O–H groups in total. The van der Waals surface area contributed by atoms with Gasteiger partial charge in [0.1, 0.15) is 0 Å². The minimum absolute atomic E-state index is 0. The van der Waals surface area contributed by atoms with Crippen LogP contribution in [0, 0.1) is 29.6 Å². The van der Waals surface area contributed by atoms with Crippen LogP contribution in [0.5, 0.6) is 0 Å². The number of alkyl carbamates (subject to hydrolysis) is 2. The van der Waals surface area contributed by atoms with Crippen LogP contribution in [0.1, 0.15) is 534 Å². The first kappa shape index (κ1) is 195. The first-order valence-electron chi connectivity index (χ1n) is 58.6.